The number of fused-ring (bicyclic) bond motifs is 3. The number of nitrogens with zero attached hydrogens (tertiary/aromatic N) is 4. The summed E-state index contributed by atoms with van der Waals surface area (Å²) in [5.74, 6) is -0.0896. The number of carbonyl (C=O) groups is 2. The van der Waals surface area contributed by atoms with Gasteiger partial charge < -0.3 is 5.32 Å². The van der Waals surface area contributed by atoms with Gasteiger partial charge in [-0.2, -0.15) is 4.68 Å². The van der Waals surface area contributed by atoms with E-state index in [0.29, 0.717) is 5.82 Å². The van der Waals surface area contributed by atoms with Crippen molar-refractivity contribution in [2.75, 3.05) is 19.0 Å². The Hall–Kier alpha value is -2.70. The van der Waals surface area contributed by atoms with Crippen molar-refractivity contribution < 1.29 is 9.59 Å². The summed E-state index contributed by atoms with van der Waals surface area (Å²) < 4.78 is 1.53. The maximum Gasteiger partial charge on any atom is 0.275 e. The van der Waals surface area contributed by atoms with Crippen LogP contribution in [0.3, 0.4) is 0 Å². The van der Waals surface area contributed by atoms with Crippen LogP contribution in [0.25, 0.3) is 5.69 Å². The van der Waals surface area contributed by atoms with Crippen LogP contribution in [0.4, 0.5) is 5.82 Å². The van der Waals surface area contributed by atoms with Crippen molar-refractivity contribution in [1.82, 2.24) is 20.3 Å². The van der Waals surface area contributed by atoms with Crippen molar-refractivity contribution in [2.45, 2.75) is 6.42 Å². The number of nitrogens with one attached hydrogen (secondary N) is 1. The van der Waals surface area contributed by atoms with E-state index in [9.17, 15) is 9.59 Å². The largest absolute Gasteiger partial charge is 0.354 e. The molecule has 0 unspecified atom stereocenters. The maximum atomic E-state index is 12.2. The molecule has 2 heterocycles. The van der Waals surface area contributed by atoms with E-state index < -0.39 is 0 Å². The number of anilines is 1. The normalized spacial score (nSPS) is 13.5. The lowest BCUT2D eigenvalue weighted by atomic mass is 10.1. The molecule has 2 aromatic rings. The van der Waals surface area contributed by atoms with E-state index in [1.54, 1.807) is 7.05 Å². The molecule has 1 aliphatic heterocycles. The number of rotatable bonds is 1. The molecule has 7 heteroatoms. The van der Waals surface area contributed by atoms with Gasteiger partial charge >= 0.3 is 0 Å². The fourth-order valence-electron chi connectivity index (χ4n) is 2.27. The summed E-state index contributed by atoms with van der Waals surface area (Å²) >= 11 is 0. The van der Waals surface area contributed by atoms with Gasteiger partial charge in [0.05, 0.1) is 12.1 Å². The summed E-state index contributed by atoms with van der Waals surface area (Å²) in [5.41, 5.74) is 1.76. The average Bonchev–Trinajstić information content (AvgIpc) is 2.86. The highest BCUT2D eigenvalue weighted by Gasteiger charge is 2.30. The van der Waals surface area contributed by atoms with Crippen LogP contribution < -0.4 is 10.2 Å². The van der Waals surface area contributed by atoms with Gasteiger partial charge in [0.25, 0.3) is 5.91 Å². The van der Waals surface area contributed by atoms with E-state index in [4.69, 9.17) is 0 Å². The zero-order valence-corrected chi connectivity index (χ0v) is 11.1. The Kier molecular flexibility index (Phi) is 2.74. The van der Waals surface area contributed by atoms with E-state index in [1.807, 2.05) is 24.3 Å². The monoisotopic (exact) mass is 271 g/mol. The van der Waals surface area contributed by atoms with Crippen LogP contribution in [-0.2, 0) is 11.2 Å². The van der Waals surface area contributed by atoms with Gasteiger partial charge in [-0.15, -0.1) is 5.10 Å². The quantitative estimate of drug-likeness (QED) is 0.800. The third-order valence-corrected chi connectivity index (χ3v) is 3.34. The second-order valence-corrected chi connectivity index (χ2v) is 4.51. The minimum atomic E-state index is -0.370. The molecule has 0 aliphatic carbocycles. The average molecular weight is 271 g/mol. The van der Waals surface area contributed by atoms with Crippen LogP contribution in [0.2, 0.25) is 0 Å². The number of benzene rings is 1. The second kappa shape index (κ2) is 4.44. The van der Waals surface area contributed by atoms with Crippen molar-refractivity contribution in [2.24, 2.45) is 0 Å². The smallest absolute Gasteiger partial charge is 0.275 e. The molecule has 0 bridgehead atoms. The van der Waals surface area contributed by atoms with Gasteiger partial charge in [-0.1, -0.05) is 23.4 Å². The summed E-state index contributed by atoms with van der Waals surface area (Å²) in [6, 6.07) is 7.46. The summed E-state index contributed by atoms with van der Waals surface area (Å²) in [4.78, 5) is 25.5. The number of hydrogen-bond donors (Lipinski definition) is 1. The third-order valence-electron chi connectivity index (χ3n) is 3.34. The lowest BCUT2D eigenvalue weighted by Gasteiger charge is -2.15. The van der Waals surface area contributed by atoms with E-state index in [2.05, 4.69) is 15.6 Å². The number of carbonyl (C=O) groups excluding carboxylic acids is 2. The molecule has 3 rings (SSSR count). The van der Waals surface area contributed by atoms with E-state index in [0.717, 1.165) is 11.3 Å². The lowest BCUT2D eigenvalue weighted by Crippen LogP contribution is -2.30. The highest BCUT2D eigenvalue weighted by Crippen LogP contribution is 2.28. The van der Waals surface area contributed by atoms with Gasteiger partial charge in [-0.3, -0.25) is 14.5 Å². The van der Waals surface area contributed by atoms with Crippen LogP contribution in [0.15, 0.2) is 24.3 Å². The summed E-state index contributed by atoms with van der Waals surface area (Å²) in [5, 5.41) is 10.4. The van der Waals surface area contributed by atoms with Gasteiger partial charge in [0, 0.05) is 14.1 Å². The van der Waals surface area contributed by atoms with Crippen LogP contribution in [-0.4, -0.2) is 40.9 Å². The molecule has 0 fully saturated rings. The van der Waals surface area contributed by atoms with Gasteiger partial charge in [0.1, 0.15) is 0 Å². The zero-order chi connectivity index (χ0) is 14.3. The van der Waals surface area contributed by atoms with Crippen molar-refractivity contribution in [3.05, 3.63) is 35.5 Å². The highest BCUT2D eigenvalue weighted by molar-refractivity contribution is 6.03. The first-order valence-electron chi connectivity index (χ1n) is 6.16. The Morgan fingerprint density at radius 2 is 2.10 bits per heavy atom. The number of hydrogen-bond acceptors (Lipinski definition) is 4. The fourth-order valence-corrected chi connectivity index (χ4v) is 2.27. The van der Waals surface area contributed by atoms with Crippen LogP contribution >= 0.6 is 0 Å². The molecule has 20 heavy (non-hydrogen) atoms. The molecule has 0 spiro atoms. The zero-order valence-electron chi connectivity index (χ0n) is 11.1. The first-order valence-corrected chi connectivity index (χ1v) is 6.16. The fraction of sp³-hybridized carbons (Fsp3) is 0.231. The SMILES string of the molecule is CNC(=O)c1nnn2c1N(C)C(=O)Cc1ccccc1-2. The summed E-state index contributed by atoms with van der Waals surface area (Å²) in [6.07, 6.45) is 0.267. The Morgan fingerprint density at radius 1 is 1.35 bits per heavy atom. The minimum Gasteiger partial charge on any atom is -0.354 e. The molecule has 1 aliphatic rings. The number of aromatic nitrogens is 3. The maximum absolute atomic E-state index is 12.2. The molecule has 1 aromatic carbocycles. The predicted molar refractivity (Wildman–Crippen MR) is 71.9 cm³/mol. The molecule has 1 N–H and O–H groups in total. The predicted octanol–water partition coefficient (Wildman–Crippen LogP) is 0.146. The number of likely N-dealkylation sites (N-methyl/N-ethyl adjacent to an activating group) is 1. The molecule has 0 saturated carbocycles. The highest BCUT2D eigenvalue weighted by atomic mass is 16.2. The molecular formula is C13H13N5O2. The van der Waals surface area contributed by atoms with Crippen LogP contribution in [0.5, 0.6) is 0 Å². The Labute approximate surface area is 115 Å². The topological polar surface area (TPSA) is 80.1 Å². The molecule has 102 valence electrons. The van der Waals surface area contributed by atoms with E-state index in [-0.39, 0.29) is 23.9 Å². The molecule has 7 nitrogen and oxygen atoms in total. The molecular weight excluding hydrogens is 258 g/mol. The molecule has 0 saturated heterocycles. The molecule has 2 amide bonds. The van der Waals surface area contributed by atoms with Gasteiger partial charge in [0.15, 0.2) is 11.5 Å². The summed E-state index contributed by atoms with van der Waals surface area (Å²) in [7, 11) is 3.14. The van der Waals surface area contributed by atoms with Crippen molar-refractivity contribution in [3.8, 4) is 5.69 Å². The minimum absolute atomic E-state index is 0.108. The Morgan fingerprint density at radius 3 is 2.85 bits per heavy atom. The third kappa shape index (κ3) is 1.67. The molecule has 0 radical (unpaired) electrons. The van der Waals surface area contributed by atoms with Crippen molar-refractivity contribution in [1.29, 1.82) is 0 Å². The number of amides is 2. The van der Waals surface area contributed by atoms with Gasteiger partial charge in [-0.25, -0.2) is 0 Å². The van der Waals surface area contributed by atoms with Crippen molar-refractivity contribution >= 4 is 17.6 Å². The first kappa shape index (κ1) is 12.3. The Bertz CT molecular complexity index is 707. The lowest BCUT2D eigenvalue weighted by molar-refractivity contribution is -0.117. The first-order chi connectivity index (χ1) is 9.63. The van der Waals surface area contributed by atoms with Gasteiger partial charge in [-0.05, 0) is 11.6 Å². The second-order valence-electron chi connectivity index (χ2n) is 4.51. The van der Waals surface area contributed by atoms with E-state index in [1.165, 1.54) is 16.6 Å². The summed E-state index contributed by atoms with van der Waals surface area (Å²) in [6.45, 7) is 0. The van der Waals surface area contributed by atoms with Gasteiger partial charge in [0.2, 0.25) is 5.91 Å². The van der Waals surface area contributed by atoms with E-state index >= 15 is 0 Å². The van der Waals surface area contributed by atoms with Crippen LogP contribution in [0.1, 0.15) is 16.1 Å². The molecule has 0 atom stereocenters. The molecule has 1 aromatic heterocycles. The Balaban J connectivity index is 2.28. The standard InChI is InChI=1S/C13H13N5O2/c1-14-12(20)11-13-17(2)10(19)7-8-5-3-4-6-9(8)18(13)16-15-11/h3-6H,7H2,1-2H3,(H,14,20). The number of para-hydroxylation sites is 1. The van der Waals surface area contributed by atoms with Crippen molar-refractivity contribution in [3.63, 3.8) is 0 Å². The van der Waals surface area contributed by atoms with Crippen LogP contribution in [0, 0.1) is 0 Å².